The number of para-hydroxylation sites is 2. The minimum Gasteiger partial charge on any atom is -0.330 e. The van der Waals surface area contributed by atoms with E-state index >= 15 is 0 Å². The number of fused-ring (bicyclic) bond motifs is 1. The van der Waals surface area contributed by atoms with E-state index in [2.05, 4.69) is 15.5 Å². The first-order valence-corrected chi connectivity index (χ1v) is 7.99. The van der Waals surface area contributed by atoms with Crippen LogP contribution in [0.2, 0.25) is 5.02 Å². The van der Waals surface area contributed by atoms with Crippen molar-refractivity contribution in [1.29, 1.82) is 0 Å². The van der Waals surface area contributed by atoms with Crippen molar-refractivity contribution in [3.8, 4) is 0 Å². The third-order valence-electron chi connectivity index (χ3n) is 3.70. The Morgan fingerprint density at radius 1 is 1.29 bits per heavy atom. The molecular formula is C18H17ClN4O. The summed E-state index contributed by atoms with van der Waals surface area (Å²) in [6.07, 6.45) is 3.35. The van der Waals surface area contributed by atoms with Gasteiger partial charge in [-0.1, -0.05) is 42.8 Å². The summed E-state index contributed by atoms with van der Waals surface area (Å²) in [7, 11) is 0. The summed E-state index contributed by atoms with van der Waals surface area (Å²) in [4.78, 5) is 16.5. The van der Waals surface area contributed by atoms with Gasteiger partial charge in [-0.25, -0.2) is 10.4 Å². The molecule has 3 rings (SSSR count). The number of nitrogens with one attached hydrogen (secondary N) is 1. The van der Waals surface area contributed by atoms with Crippen molar-refractivity contribution in [2.24, 2.45) is 11.0 Å². The maximum Gasteiger partial charge on any atom is 0.244 e. The van der Waals surface area contributed by atoms with Gasteiger partial charge in [0.15, 0.2) is 0 Å². The lowest BCUT2D eigenvalue weighted by molar-refractivity contribution is -0.124. The molecule has 1 aromatic heterocycles. The molecule has 0 aliphatic carbocycles. The zero-order valence-corrected chi connectivity index (χ0v) is 13.9. The number of carbonyl (C=O) groups is 1. The molecule has 0 aliphatic rings. The number of aromatic nitrogens is 2. The van der Waals surface area contributed by atoms with E-state index in [1.54, 1.807) is 24.7 Å². The molecule has 5 nitrogen and oxygen atoms in total. The van der Waals surface area contributed by atoms with Crippen LogP contribution in [-0.4, -0.2) is 21.7 Å². The number of benzene rings is 2. The lowest BCUT2D eigenvalue weighted by Gasteiger charge is -2.11. The summed E-state index contributed by atoms with van der Waals surface area (Å²) in [6, 6.07) is 15.1. The first kappa shape index (κ1) is 16.2. The fraction of sp³-hybridized carbons (Fsp3) is 0.167. The van der Waals surface area contributed by atoms with Crippen molar-refractivity contribution in [3.05, 3.63) is 65.4 Å². The number of imidazole rings is 1. The molecular weight excluding hydrogens is 324 g/mol. The number of hydrogen-bond acceptors (Lipinski definition) is 3. The Labute approximate surface area is 145 Å². The summed E-state index contributed by atoms with van der Waals surface area (Å²) >= 11 is 5.83. The highest BCUT2D eigenvalue weighted by molar-refractivity contribution is 6.30. The molecule has 1 N–H and O–H groups in total. The lowest BCUT2D eigenvalue weighted by Crippen LogP contribution is -2.27. The fourth-order valence-electron chi connectivity index (χ4n) is 2.36. The Hall–Kier alpha value is -2.66. The number of hydrazone groups is 1. The molecule has 0 saturated heterocycles. The molecule has 0 spiro atoms. The van der Waals surface area contributed by atoms with Crippen molar-refractivity contribution in [3.63, 3.8) is 0 Å². The Balaban J connectivity index is 1.59. The molecule has 1 amide bonds. The largest absolute Gasteiger partial charge is 0.330 e. The van der Waals surface area contributed by atoms with Crippen molar-refractivity contribution >= 4 is 34.8 Å². The van der Waals surface area contributed by atoms with E-state index in [1.165, 1.54) is 0 Å². The van der Waals surface area contributed by atoms with Crippen LogP contribution in [-0.2, 0) is 11.3 Å². The van der Waals surface area contributed by atoms with Crippen molar-refractivity contribution in [2.45, 2.75) is 13.5 Å². The topological polar surface area (TPSA) is 59.3 Å². The fourth-order valence-corrected chi connectivity index (χ4v) is 2.49. The second kappa shape index (κ2) is 7.27. The van der Waals surface area contributed by atoms with Crippen LogP contribution in [0.1, 0.15) is 12.5 Å². The van der Waals surface area contributed by atoms with Gasteiger partial charge in [-0.3, -0.25) is 4.79 Å². The van der Waals surface area contributed by atoms with Crippen LogP contribution in [0.5, 0.6) is 0 Å². The number of halogens is 1. The first-order chi connectivity index (χ1) is 11.6. The van der Waals surface area contributed by atoms with E-state index in [0.29, 0.717) is 11.6 Å². The Kier molecular flexibility index (Phi) is 4.91. The monoisotopic (exact) mass is 340 g/mol. The zero-order valence-electron chi connectivity index (χ0n) is 13.2. The molecule has 0 saturated carbocycles. The quantitative estimate of drug-likeness (QED) is 0.571. The van der Waals surface area contributed by atoms with E-state index in [0.717, 1.165) is 16.6 Å². The number of amides is 1. The maximum absolute atomic E-state index is 12.2. The van der Waals surface area contributed by atoms with E-state index < -0.39 is 0 Å². The van der Waals surface area contributed by atoms with Gasteiger partial charge in [0, 0.05) is 11.6 Å². The Morgan fingerprint density at radius 3 is 2.83 bits per heavy atom. The van der Waals surface area contributed by atoms with Crippen LogP contribution in [0.25, 0.3) is 11.0 Å². The van der Waals surface area contributed by atoms with Crippen molar-refractivity contribution < 1.29 is 4.79 Å². The van der Waals surface area contributed by atoms with Crippen molar-refractivity contribution in [1.82, 2.24) is 15.0 Å². The highest BCUT2D eigenvalue weighted by atomic mass is 35.5. The minimum atomic E-state index is -0.232. The smallest absolute Gasteiger partial charge is 0.244 e. The molecule has 2 aromatic carbocycles. The normalized spacial score (nSPS) is 12.6. The van der Waals surface area contributed by atoms with Gasteiger partial charge in [0.2, 0.25) is 5.91 Å². The average molecular weight is 341 g/mol. The molecule has 0 radical (unpaired) electrons. The third-order valence-corrected chi connectivity index (χ3v) is 3.96. The summed E-state index contributed by atoms with van der Waals surface area (Å²) in [5, 5.41) is 4.66. The molecule has 0 fully saturated rings. The van der Waals surface area contributed by atoms with Gasteiger partial charge in [0.05, 0.1) is 29.5 Å². The predicted octanol–water partition coefficient (Wildman–Crippen LogP) is 3.48. The summed E-state index contributed by atoms with van der Waals surface area (Å²) < 4.78 is 1.97. The molecule has 3 aromatic rings. The van der Waals surface area contributed by atoms with Gasteiger partial charge in [0.25, 0.3) is 0 Å². The van der Waals surface area contributed by atoms with E-state index in [1.807, 2.05) is 47.9 Å². The number of carbonyl (C=O) groups excluding carboxylic acids is 1. The van der Waals surface area contributed by atoms with Gasteiger partial charge in [-0.15, -0.1) is 0 Å². The number of nitrogens with zero attached hydrogens (tertiary/aromatic N) is 3. The zero-order chi connectivity index (χ0) is 16.9. The second-order valence-electron chi connectivity index (χ2n) is 5.57. The van der Waals surface area contributed by atoms with Gasteiger partial charge in [0.1, 0.15) is 0 Å². The standard InChI is InChI=1S/C18H17ClN4O/c1-13(11-23-12-20-16-4-2-3-5-17(16)23)18(24)22-21-10-14-6-8-15(19)9-7-14/h2-10,12-13H,11H2,1H3,(H,22,24)/b21-10-. The molecule has 6 heteroatoms. The van der Waals surface area contributed by atoms with Crippen molar-refractivity contribution in [2.75, 3.05) is 0 Å². The molecule has 1 atom stereocenters. The third kappa shape index (κ3) is 3.81. The van der Waals surface area contributed by atoms with Crippen LogP contribution in [0.4, 0.5) is 0 Å². The highest BCUT2D eigenvalue weighted by Gasteiger charge is 2.14. The predicted molar refractivity (Wildman–Crippen MR) is 96.1 cm³/mol. The highest BCUT2D eigenvalue weighted by Crippen LogP contribution is 2.14. The summed E-state index contributed by atoms with van der Waals surface area (Å²) in [6.45, 7) is 2.41. The Bertz CT molecular complexity index is 870. The van der Waals surface area contributed by atoms with Gasteiger partial charge < -0.3 is 4.57 Å². The van der Waals surface area contributed by atoms with Crippen LogP contribution in [0, 0.1) is 5.92 Å². The average Bonchev–Trinajstić information content (AvgIpc) is 3.00. The lowest BCUT2D eigenvalue weighted by atomic mass is 10.1. The van der Waals surface area contributed by atoms with E-state index in [4.69, 9.17) is 11.6 Å². The molecule has 122 valence electrons. The maximum atomic E-state index is 12.2. The second-order valence-corrected chi connectivity index (χ2v) is 6.01. The minimum absolute atomic E-state index is 0.141. The molecule has 0 bridgehead atoms. The van der Waals surface area contributed by atoms with Gasteiger partial charge in [-0.05, 0) is 29.8 Å². The molecule has 1 heterocycles. The van der Waals surface area contributed by atoms with E-state index in [-0.39, 0.29) is 11.8 Å². The summed E-state index contributed by atoms with van der Waals surface area (Å²) in [5.41, 5.74) is 5.38. The number of rotatable bonds is 5. The van der Waals surface area contributed by atoms with Crippen LogP contribution < -0.4 is 5.43 Å². The SMILES string of the molecule is CC(Cn1cnc2ccccc21)C(=O)N/N=C\c1ccc(Cl)cc1. The van der Waals surface area contributed by atoms with Crippen LogP contribution in [0.15, 0.2) is 60.0 Å². The van der Waals surface area contributed by atoms with Gasteiger partial charge in [-0.2, -0.15) is 5.10 Å². The number of hydrogen-bond donors (Lipinski definition) is 1. The van der Waals surface area contributed by atoms with Crippen LogP contribution >= 0.6 is 11.6 Å². The molecule has 0 aliphatic heterocycles. The molecule has 1 unspecified atom stereocenters. The first-order valence-electron chi connectivity index (χ1n) is 7.62. The summed E-state index contributed by atoms with van der Waals surface area (Å²) in [5.74, 6) is -0.372. The molecule has 24 heavy (non-hydrogen) atoms. The van der Waals surface area contributed by atoms with Crippen LogP contribution in [0.3, 0.4) is 0 Å². The Morgan fingerprint density at radius 2 is 2.04 bits per heavy atom. The van der Waals surface area contributed by atoms with E-state index in [9.17, 15) is 4.79 Å². The van der Waals surface area contributed by atoms with Gasteiger partial charge >= 0.3 is 0 Å².